The van der Waals surface area contributed by atoms with Crippen molar-refractivity contribution in [2.24, 2.45) is 0 Å². The third-order valence-electron chi connectivity index (χ3n) is 11.1. The van der Waals surface area contributed by atoms with Crippen LogP contribution in [0.3, 0.4) is 0 Å². The highest BCUT2D eigenvalue weighted by atomic mass is 15.2. The minimum absolute atomic E-state index is 0.563. The average molecular weight is 730 g/mol. The first kappa shape index (κ1) is 32.8. The van der Waals surface area contributed by atoms with Crippen LogP contribution in [0.4, 0.5) is 11.4 Å². The molecule has 0 fully saturated rings. The number of benzene rings is 9. The van der Waals surface area contributed by atoms with Crippen LogP contribution >= 0.6 is 0 Å². The van der Waals surface area contributed by atoms with E-state index in [1.165, 1.54) is 43.4 Å². The summed E-state index contributed by atoms with van der Waals surface area (Å²) in [4.78, 5) is 15.4. The van der Waals surface area contributed by atoms with Crippen LogP contribution in [0.15, 0.2) is 188 Å². The second-order valence-corrected chi connectivity index (χ2v) is 14.6. The number of para-hydroxylation sites is 2. The van der Waals surface area contributed by atoms with Crippen LogP contribution in [-0.2, 0) is 0 Å². The molecule has 0 aliphatic heterocycles. The van der Waals surface area contributed by atoms with Crippen molar-refractivity contribution in [3.05, 3.63) is 194 Å². The zero-order valence-corrected chi connectivity index (χ0v) is 31.2. The molecule has 5 nitrogen and oxygen atoms in total. The van der Waals surface area contributed by atoms with Crippen molar-refractivity contribution >= 4 is 65.5 Å². The Balaban J connectivity index is 1.21. The van der Waals surface area contributed by atoms with Gasteiger partial charge in [-0.3, -0.25) is 4.57 Å². The molecule has 11 rings (SSSR count). The van der Waals surface area contributed by atoms with Gasteiger partial charge in [0.1, 0.15) is 0 Å². The van der Waals surface area contributed by atoms with E-state index in [9.17, 15) is 0 Å². The fourth-order valence-corrected chi connectivity index (χ4v) is 8.48. The summed E-state index contributed by atoms with van der Waals surface area (Å²) in [6.45, 7) is 2.24. The summed E-state index contributed by atoms with van der Waals surface area (Å²) in [7, 11) is 0. The number of hydrogen-bond acceptors (Lipinski definition) is 4. The van der Waals surface area contributed by atoms with Gasteiger partial charge in [-0.1, -0.05) is 152 Å². The standard InChI is InChI=1S/C52H35N5/c1-33-29-43-39-25-13-11-23-37(39)38-24-12-14-26-40(38)44(43)30-42(33)45-31-46-41-27-15-16-28-48(41)57(49(46)32-47(45)53-36-21-9-4-10-22-36)52-55-50(34-17-5-2-6-18-34)54-51(56-52)35-19-7-3-8-20-35/h2-32,53H,1H3. The monoisotopic (exact) mass is 729 g/mol. The number of rotatable bonds is 6. The predicted molar refractivity (Wildman–Crippen MR) is 237 cm³/mol. The molecular formula is C52H35N5. The molecule has 0 aliphatic rings. The van der Waals surface area contributed by atoms with E-state index in [0.29, 0.717) is 17.6 Å². The van der Waals surface area contributed by atoms with Gasteiger partial charge in [0.05, 0.1) is 11.0 Å². The summed E-state index contributed by atoms with van der Waals surface area (Å²) >= 11 is 0. The van der Waals surface area contributed by atoms with Gasteiger partial charge in [0.2, 0.25) is 5.95 Å². The highest BCUT2D eigenvalue weighted by molar-refractivity contribution is 6.26. The van der Waals surface area contributed by atoms with Gasteiger partial charge >= 0.3 is 0 Å². The molecule has 0 spiro atoms. The smallest absolute Gasteiger partial charge is 0.238 e. The van der Waals surface area contributed by atoms with Gasteiger partial charge in [-0.25, -0.2) is 4.98 Å². The normalized spacial score (nSPS) is 11.6. The minimum Gasteiger partial charge on any atom is -0.355 e. The summed E-state index contributed by atoms with van der Waals surface area (Å²) in [6.07, 6.45) is 0. The van der Waals surface area contributed by atoms with Gasteiger partial charge < -0.3 is 5.32 Å². The van der Waals surface area contributed by atoms with E-state index in [4.69, 9.17) is 15.0 Å². The van der Waals surface area contributed by atoms with Crippen LogP contribution in [0.25, 0.3) is 94.0 Å². The molecule has 0 bridgehead atoms. The molecule has 0 aliphatic carbocycles. The van der Waals surface area contributed by atoms with Crippen molar-refractivity contribution in [1.29, 1.82) is 0 Å². The molecule has 0 amide bonds. The Bertz CT molecular complexity index is 3260. The minimum atomic E-state index is 0.563. The first-order valence-corrected chi connectivity index (χ1v) is 19.3. The zero-order chi connectivity index (χ0) is 37.9. The molecule has 0 unspecified atom stereocenters. The van der Waals surface area contributed by atoms with Crippen molar-refractivity contribution in [3.8, 4) is 39.9 Å². The molecule has 57 heavy (non-hydrogen) atoms. The lowest BCUT2D eigenvalue weighted by molar-refractivity contribution is 0.953. The number of nitrogens with zero attached hydrogens (tertiary/aromatic N) is 4. The fourth-order valence-electron chi connectivity index (χ4n) is 8.48. The molecule has 11 aromatic rings. The van der Waals surface area contributed by atoms with E-state index in [1.807, 2.05) is 66.7 Å². The van der Waals surface area contributed by atoms with Gasteiger partial charge in [0.25, 0.3) is 0 Å². The van der Waals surface area contributed by atoms with E-state index in [2.05, 4.69) is 138 Å². The summed E-state index contributed by atoms with van der Waals surface area (Å²) in [5.41, 5.74) is 9.39. The summed E-state index contributed by atoms with van der Waals surface area (Å²) in [6, 6.07) is 66.2. The molecule has 2 heterocycles. The maximum Gasteiger partial charge on any atom is 0.238 e. The quantitative estimate of drug-likeness (QED) is 0.173. The molecule has 2 aromatic heterocycles. The molecule has 1 N–H and O–H groups in total. The number of fused-ring (bicyclic) bond motifs is 9. The number of nitrogens with one attached hydrogen (secondary N) is 1. The van der Waals surface area contributed by atoms with Crippen LogP contribution in [0.5, 0.6) is 0 Å². The number of aryl methyl sites for hydroxylation is 1. The van der Waals surface area contributed by atoms with Crippen LogP contribution in [0.2, 0.25) is 0 Å². The van der Waals surface area contributed by atoms with Crippen LogP contribution in [0.1, 0.15) is 5.56 Å². The third kappa shape index (κ3) is 5.51. The second kappa shape index (κ2) is 13.3. The Morgan fingerprint density at radius 2 is 0.860 bits per heavy atom. The molecule has 0 atom stereocenters. The van der Waals surface area contributed by atoms with Crippen molar-refractivity contribution < 1.29 is 0 Å². The molecule has 9 aromatic carbocycles. The summed E-state index contributed by atoms with van der Waals surface area (Å²) in [5, 5.41) is 13.6. The van der Waals surface area contributed by atoms with Gasteiger partial charge in [-0.2, -0.15) is 9.97 Å². The Hall–Kier alpha value is -7.63. The number of aromatic nitrogens is 4. The van der Waals surface area contributed by atoms with Crippen molar-refractivity contribution in [2.45, 2.75) is 6.92 Å². The zero-order valence-electron chi connectivity index (χ0n) is 31.2. The largest absolute Gasteiger partial charge is 0.355 e. The highest BCUT2D eigenvalue weighted by Crippen LogP contribution is 2.44. The molecule has 0 saturated heterocycles. The van der Waals surface area contributed by atoms with E-state index < -0.39 is 0 Å². The van der Waals surface area contributed by atoms with Gasteiger partial charge in [0, 0.05) is 38.8 Å². The maximum atomic E-state index is 5.19. The third-order valence-corrected chi connectivity index (χ3v) is 11.1. The lowest BCUT2D eigenvalue weighted by Gasteiger charge is -2.18. The average Bonchev–Trinajstić information content (AvgIpc) is 3.60. The van der Waals surface area contributed by atoms with E-state index in [0.717, 1.165) is 49.9 Å². The van der Waals surface area contributed by atoms with E-state index >= 15 is 0 Å². The number of hydrogen-bond donors (Lipinski definition) is 1. The van der Waals surface area contributed by atoms with Crippen molar-refractivity contribution in [1.82, 2.24) is 19.5 Å². The molecule has 0 radical (unpaired) electrons. The van der Waals surface area contributed by atoms with E-state index in [-0.39, 0.29) is 0 Å². The fraction of sp³-hybridized carbons (Fsp3) is 0.0192. The molecule has 0 saturated carbocycles. The predicted octanol–water partition coefficient (Wildman–Crippen LogP) is 13.5. The Morgan fingerprint density at radius 3 is 1.46 bits per heavy atom. The lowest BCUT2D eigenvalue weighted by atomic mass is 9.89. The molecule has 268 valence electrons. The van der Waals surface area contributed by atoms with Crippen molar-refractivity contribution in [3.63, 3.8) is 0 Å². The second-order valence-electron chi connectivity index (χ2n) is 14.6. The summed E-state index contributed by atoms with van der Waals surface area (Å²) in [5.74, 6) is 1.81. The van der Waals surface area contributed by atoms with Crippen LogP contribution in [-0.4, -0.2) is 19.5 Å². The molecule has 5 heteroatoms. The lowest BCUT2D eigenvalue weighted by Crippen LogP contribution is -2.06. The Morgan fingerprint density at radius 1 is 0.386 bits per heavy atom. The van der Waals surface area contributed by atoms with E-state index in [1.54, 1.807) is 0 Å². The SMILES string of the molecule is Cc1cc2c3ccccc3c3ccccc3c2cc1-c1cc2c3ccccc3n(-c3nc(-c4ccccc4)nc(-c4ccccc4)n3)c2cc1Nc1ccccc1. The van der Waals surface area contributed by atoms with Crippen LogP contribution < -0.4 is 5.32 Å². The van der Waals surface area contributed by atoms with Crippen LogP contribution in [0, 0.1) is 6.92 Å². The topological polar surface area (TPSA) is 55.6 Å². The van der Waals surface area contributed by atoms with Crippen molar-refractivity contribution in [2.75, 3.05) is 5.32 Å². The number of anilines is 2. The Kier molecular flexibility index (Phi) is 7.64. The maximum absolute atomic E-state index is 5.19. The highest BCUT2D eigenvalue weighted by Gasteiger charge is 2.21. The molecular weight excluding hydrogens is 695 g/mol. The summed E-state index contributed by atoms with van der Waals surface area (Å²) < 4.78 is 2.19. The van der Waals surface area contributed by atoms with Gasteiger partial charge in [0.15, 0.2) is 11.6 Å². The van der Waals surface area contributed by atoms with Gasteiger partial charge in [-0.05, 0) is 86.8 Å². The first-order chi connectivity index (χ1) is 28.2. The van der Waals surface area contributed by atoms with Gasteiger partial charge in [-0.15, -0.1) is 0 Å². The first-order valence-electron chi connectivity index (χ1n) is 19.3. The Labute approximate surface area is 329 Å².